The molecule has 0 spiro atoms. The summed E-state index contributed by atoms with van der Waals surface area (Å²) >= 11 is 12.1. The molecule has 0 aliphatic carbocycles. The maximum absolute atomic E-state index is 12.5. The fourth-order valence-electron chi connectivity index (χ4n) is 2.37. The Morgan fingerprint density at radius 3 is 2.71 bits per heavy atom. The number of hydrogen-bond acceptors (Lipinski definition) is 3. The number of nitrogens with one attached hydrogen (secondary N) is 1. The molecule has 0 bridgehead atoms. The van der Waals surface area contributed by atoms with Crippen molar-refractivity contribution >= 4 is 29.1 Å². The number of carbonyl (C=O) groups excluding carboxylic acids is 1. The molecular weight excluding hydrogens is 311 g/mol. The van der Waals surface area contributed by atoms with Gasteiger partial charge in [-0.3, -0.25) is 4.79 Å². The molecule has 1 atom stereocenters. The summed E-state index contributed by atoms with van der Waals surface area (Å²) in [5.41, 5.74) is -0.282. The number of nitrogens with zero attached hydrogens (tertiary/aromatic N) is 1. The van der Waals surface area contributed by atoms with E-state index in [-0.39, 0.29) is 11.9 Å². The van der Waals surface area contributed by atoms with Crippen LogP contribution in [-0.2, 0) is 9.53 Å². The van der Waals surface area contributed by atoms with Gasteiger partial charge in [-0.1, -0.05) is 23.2 Å². The number of amides is 1. The predicted octanol–water partition coefficient (Wildman–Crippen LogP) is 3.49. The van der Waals surface area contributed by atoms with Crippen LogP contribution in [0, 0.1) is 16.7 Å². The Morgan fingerprint density at radius 1 is 1.43 bits per heavy atom. The highest BCUT2D eigenvalue weighted by molar-refractivity contribution is 6.33. The van der Waals surface area contributed by atoms with Crippen molar-refractivity contribution in [2.75, 3.05) is 13.2 Å². The zero-order valence-corrected chi connectivity index (χ0v) is 13.2. The van der Waals surface area contributed by atoms with Crippen LogP contribution in [0.15, 0.2) is 18.2 Å². The Balaban J connectivity index is 2.15. The van der Waals surface area contributed by atoms with Gasteiger partial charge >= 0.3 is 0 Å². The molecule has 0 radical (unpaired) electrons. The molecule has 1 aromatic carbocycles. The van der Waals surface area contributed by atoms with Crippen LogP contribution in [-0.4, -0.2) is 19.1 Å². The average molecular weight is 327 g/mol. The molecule has 1 N–H and O–H groups in total. The van der Waals surface area contributed by atoms with E-state index in [0.29, 0.717) is 36.1 Å². The van der Waals surface area contributed by atoms with Gasteiger partial charge in [-0.25, -0.2) is 0 Å². The number of halogens is 2. The molecule has 2 rings (SSSR count). The number of nitriles is 1. The molecule has 4 nitrogen and oxygen atoms in total. The van der Waals surface area contributed by atoms with Gasteiger partial charge in [0.05, 0.1) is 12.1 Å². The summed E-state index contributed by atoms with van der Waals surface area (Å²) in [7, 11) is 0. The number of hydrogen-bond donors (Lipinski definition) is 1. The SMILES string of the molecule is C[C@@H](NC(=O)C1(C#N)CCOCC1)c1cc(Cl)ccc1Cl. The quantitative estimate of drug-likeness (QED) is 0.924. The van der Waals surface area contributed by atoms with E-state index in [1.165, 1.54) is 0 Å². The van der Waals surface area contributed by atoms with Gasteiger partial charge < -0.3 is 10.1 Å². The Bertz CT molecular complexity index is 578. The molecule has 1 amide bonds. The standard InChI is InChI=1S/C15H16Cl2N2O2/c1-10(12-8-11(16)2-3-13(12)17)19-14(20)15(9-18)4-6-21-7-5-15/h2-3,8,10H,4-7H2,1H3,(H,19,20)/t10-/m1/s1. The lowest BCUT2D eigenvalue weighted by Crippen LogP contribution is -2.44. The van der Waals surface area contributed by atoms with E-state index in [0.717, 1.165) is 5.56 Å². The van der Waals surface area contributed by atoms with Crippen LogP contribution in [0.4, 0.5) is 0 Å². The maximum Gasteiger partial charge on any atom is 0.241 e. The number of ether oxygens (including phenoxy) is 1. The highest BCUT2D eigenvalue weighted by Crippen LogP contribution is 2.32. The van der Waals surface area contributed by atoms with Crippen molar-refractivity contribution in [3.05, 3.63) is 33.8 Å². The normalized spacial score (nSPS) is 18.6. The lowest BCUT2D eigenvalue weighted by molar-refractivity contribution is -0.133. The molecule has 1 aliphatic heterocycles. The first-order valence-electron chi connectivity index (χ1n) is 6.73. The van der Waals surface area contributed by atoms with Crippen LogP contribution in [0.3, 0.4) is 0 Å². The first-order chi connectivity index (χ1) is 9.98. The summed E-state index contributed by atoms with van der Waals surface area (Å²) in [6.45, 7) is 2.67. The lowest BCUT2D eigenvalue weighted by atomic mass is 9.80. The smallest absolute Gasteiger partial charge is 0.241 e. The summed E-state index contributed by atoms with van der Waals surface area (Å²) in [5.74, 6) is -0.281. The second-order valence-corrected chi connectivity index (χ2v) is 6.01. The minimum Gasteiger partial charge on any atom is -0.381 e. The van der Waals surface area contributed by atoms with E-state index >= 15 is 0 Å². The largest absolute Gasteiger partial charge is 0.381 e. The van der Waals surface area contributed by atoms with E-state index in [4.69, 9.17) is 27.9 Å². The average Bonchev–Trinajstić information content (AvgIpc) is 2.50. The summed E-state index contributed by atoms with van der Waals surface area (Å²) in [6.07, 6.45) is 0.816. The molecule has 0 aromatic heterocycles. The van der Waals surface area contributed by atoms with Crippen molar-refractivity contribution in [2.45, 2.75) is 25.8 Å². The van der Waals surface area contributed by atoms with Crippen molar-refractivity contribution in [1.82, 2.24) is 5.32 Å². The molecule has 1 saturated heterocycles. The van der Waals surface area contributed by atoms with Crippen LogP contribution in [0.2, 0.25) is 10.0 Å². The van der Waals surface area contributed by atoms with E-state index < -0.39 is 5.41 Å². The minimum absolute atomic E-state index is 0.281. The fraction of sp³-hybridized carbons (Fsp3) is 0.467. The molecular formula is C15H16Cl2N2O2. The van der Waals surface area contributed by atoms with Gasteiger partial charge in [0.15, 0.2) is 0 Å². The van der Waals surface area contributed by atoms with Crippen LogP contribution in [0.5, 0.6) is 0 Å². The van der Waals surface area contributed by atoms with Gasteiger partial charge in [0.25, 0.3) is 0 Å². The Kier molecular flexibility index (Phi) is 5.10. The molecule has 1 heterocycles. The monoisotopic (exact) mass is 326 g/mol. The van der Waals surface area contributed by atoms with Crippen molar-refractivity contribution in [1.29, 1.82) is 5.26 Å². The zero-order chi connectivity index (χ0) is 15.5. The summed E-state index contributed by atoms with van der Waals surface area (Å²) in [5, 5.41) is 13.3. The van der Waals surface area contributed by atoms with Gasteiger partial charge in [-0.15, -0.1) is 0 Å². The highest BCUT2D eigenvalue weighted by Gasteiger charge is 2.41. The molecule has 1 fully saturated rings. The number of rotatable bonds is 3. The van der Waals surface area contributed by atoms with Gasteiger partial charge in [0.2, 0.25) is 5.91 Å². The second-order valence-electron chi connectivity index (χ2n) is 5.17. The van der Waals surface area contributed by atoms with Crippen LogP contribution in [0.1, 0.15) is 31.4 Å². The Hall–Kier alpha value is -1.28. The zero-order valence-electron chi connectivity index (χ0n) is 11.7. The van der Waals surface area contributed by atoms with E-state index in [1.807, 2.05) is 6.92 Å². The van der Waals surface area contributed by atoms with Crippen molar-refractivity contribution in [3.63, 3.8) is 0 Å². The number of benzene rings is 1. The first kappa shape index (κ1) is 16.1. The third-order valence-corrected chi connectivity index (χ3v) is 4.35. The summed E-state index contributed by atoms with van der Waals surface area (Å²) in [6, 6.07) is 6.93. The third-order valence-electron chi connectivity index (χ3n) is 3.77. The highest BCUT2D eigenvalue weighted by atomic mass is 35.5. The molecule has 0 saturated carbocycles. The molecule has 0 unspecified atom stereocenters. The van der Waals surface area contributed by atoms with Crippen LogP contribution >= 0.6 is 23.2 Å². The molecule has 21 heavy (non-hydrogen) atoms. The van der Waals surface area contributed by atoms with Gasteiger partial charge in [0.1, 0.15) is 5.41 Å². The predicted molar refractivity (Wildman–Crippen MR) is 81.1 cm³/mol. The maximum atomic E-state index is 12.5. The molecule has 1 aromatic rings. The van der Waals surface area contributed by atoms with Crippen LogP contribution < -0.4 is 5.32 Å². The summed E-state index contributed by atoms with van der Waals surface area (Å²) in [4.78, 5) is 12.5. The fourth-order valence-corrected chi connectivity index (χ4v) is 2.83. The first-order valence-corrected chi connectivity index (χ1v) is 7.49. The third kappa shape index (κ3) is 3.49. The van der Waals surface area contributed by atoms with Crippen molar-refractivity contribution < 1.29 is 9.53 Å². The van der Waals surface area contributed by atoms with Gasteiger partial charge in [-0.2, -0.15) is 5.26 Å². The minimum atomic E-state index is -1.02. The molecule has 1 aliphatic rings. The van der Waals surface area contributed by atoms with E-state index in [1.54, 1.807) is 18.2 Å². The van der Waals surface area contributed by atoms with Gasteiger partial charge in [0, 0.05) is 23.3 Å². The number of carbonyl (C=O) groups is 1. The van der Waals surface area contributed by atoms with Crippen molar-refractivity contribution in [3.8, 4) is 6.07 Å². The Morgan fingerprint density at radius 2 is 2.10 bits per heavy atom. The Labute approximate surface area is 134 Å². The summed E-state index contributed by atoms with van der Waals surface area (Å²) < 4.78 is 5.23. The van der Waals surface area contributed by atoms with Crippen molar-refractivity contribution in [2.24, 2.45) is 5.41 Å². The lowest BCUT2D eigenvalue weighted by Gasteiger charge is -2.30. The van der Waals surface area contributed by atoms with Crippen LogP contribution in [0.25, 0.3) is 0 Å². The molecule has 112 valence electrons. The van der Waals surface area contributed by atoms with E-state index in [2.05, 4.69) is 11.4 Å². The van der Waals surface area contributed by atoms with Gasteiger partial charge in [-0.05, 0) is 43.5 Å². The second kappa shape index (κ2) is 6.65. The molecule has 6 heteroatoms. The topological polar surface area (TPSA) is 62.1 Å². The van der Waals surface area contributed by atoms with E-state index in [9.17, 15) is 10.1 Å².